The molecule has 0 aliphatic heterocycles. The molecule has 0 saturated heterocycles. The Morgan fingerprint density at radius 1 is 1.17 bits per heavy atom. The average molecular weight is 357 g/mol. The Hall–Kier alpha value is -2.17. The molecule has 1 amide bonds. The van der Waals surface area contributed by atoms with Gasteiger partial charge in [0, 0.05) is 10.1 Å². The first-order valence-electron chi connectivity index (χ1n) is 7.66. The van der Waals surface area contributed by atoms with Crippen molar-refractivity contribution < 1.29 is 4.79 Å². The van der Waals surface area contributed by atoms with Gasteiger partial charge in [-0.25, -0.2) is 5.43 Å². The van der Waals surface area contributed by atoms with Gasteiger partial charge in [0.1, 0.15) is 4.88 Å². The number of carbonyl (C=O) groups excluding carboxylic acids is 1. The molecule has 0 bridgehead atoms. The van der Waals surface area contributed by atoms with Gasteiger partial charge in [0.25, 0.3) is 5.91 Å². The van der Waals surface area contributed by atoms with Crippen LogP contribution in [0.5, 0.6) is 0 Å². The number of fused-ring (bicyclic) bond motifs is 1. The van der Waals surface area contributed by atoms with Crippen molar-refractivity contribution in [2.75, 3.05) is 0 Å². The van der Waals surface area contributed by atoms with Crippen LogP contribution < -0.4 is 5.43 Å². The first-order valence-corrected chi connectivity index (χ1v) is 8.86. The van der Waals surface area contributed by atoms with E-state index in [1.807, 2.05) is 36.4 Å². The van der Waals surface area contributed by atoms with Crippen LogP contribution in [0.4, 0.5) is 0 Å². The lowest BCUT2D eigenvalue weighted by atomic mass is 10.0. The Morgan fingerprint density at radius 3 is 2.54 bits per heavy atom. The lowest BCUT2D eigenvalue weighted by Gasteiger charge is -2.04. The van der Waals surface area contributed by atoms with E-state index in [0.717, 1.165) is 15.6 Å². The molecule has 0 aliphatic rings. The maximum Gasteiger partial charge on any atom is 0.283 e. The van der Waals surface area contributed by atoms with Crippen molar-refractivity contribution in [2.45, 2.75) is 19.8 Å². The van der Waals surface area contributed by atoms with Crippen molar-refractivity contribution in [3.8, 4) is 0 Å². The van der Waals surface area contributed by atoms with Gasteiger partial charge >= 0.3 is 0 Å². The Bertz CT molecular complexity index is 897. The number of nitrogens with zero attached hydrogens (tertiary/aromatic N) is 1. The van der Waals surface area contributed by atoms with Gasteiger partial charge in [-0.05, 0) is 23.1 Å². The summed E-state index contributed by atoms with van der Waals surface area (Å²) in [4.78, 5) is 12.7. The zero-order valence-corrected chi connectivity index (χ0v) is 15.0. The van der Waals surface area contributed by atoms with Gasteiger partial charge in [0.2, 0.25) is 0 Å². The lowest BCUT2D eigenvalue weighted by molar-refractivity contribution is 0.0959. The Morgan fingerprint density at radius 2 is 1.88 bits per heavy atom. The number of nitrogens with one attached hydrogen (secondary N) is 1. The molecule has 2 aromatic carbocycles. The van der Waals surface area contributed by atoms with E-state index < -0.39 is 0 Å². The van der Waals surface area contributed by atoms with E-state index in [-0.39, 0.29) is 5.91 Å². The van der Waals surface area contributed by atoms with E-state index in [2.05, 4.69) is 36.5 Å². The highest BCUT2D eigenvalue weighted by atomic mass is 35.5. The summed E-state index contributed by atoms with van der Waals surface area (Å²) in [6.45, 7) is 4.30. The predicted molar refractivity (Wildman–Crippen MR) is 102 cm³/mol. The summed E-state index contributed by atoms with van der Waals surface area (Å²) < 4.78 is 0.987. The SMILES string of the molecule is CC(C)c1ccc(/C=N/NC(=O)c2sc3ccccc3c2Cl)cc1. The molecule has 0 radical (unpaired) electrons. The molecule has 0 unspecified atom stereocenters. The molecule has 3 rings (SSSR count). The minimum Gasteiger partial charge on any atom is -0.266 e. The molecule has 0 atom stereocenters. The van der Waals surface area contributed by atoms with Crippen LogP contribution in [0, 0.1) is 0 Å². The molecule has 5 heteroatoms. The van der Waals surface area contributed by atoms with Crippen LogP contribution in [0.1, 0.15) is 40.6 Å². The molecule has 1 aromatic heterocycles. The molecule has 1 N–H and O–H groups in total. The third kappa shape index (κ3) is 3.50. The van der Waals surface area contributed by atoms with E-state index in [4.69, 9.17) is 11.6 Å². The second-order valence-corrected chi connectivity index (χ2v) is 7.19. The van der Waals surface area contributed by atoms with E-state index in [1.165, 1.54) is 16.9 Å². The van der Waals surface area contributed by atoms with Gasteiger partial charge in [-0.1, -0.05) is 67.9 Å². The van der Waals surface area contributed by atoms with Crippen molar-refractivity contribution in [3.63, 3.8) is 0 Å². The molecule has 0 saturated carbocycles. The van der Waals surface area contributed by atoms with Gasteiger partial charge in [-0.15, -0.1) is 11.3 Å². The summed E-state index contributed by atoms with van der Waals surface area (Å²) >= 11 is 7.66. The number of hydrazone groups is 1. The van der Waals surface area contributed by atoms with Crippen LogP contribution in [-0.4, -0.2) is 12.1 Å². The maximum atomic E-state index is 12.3. The lowest BCUT2D eigenvalue weighted by Crippen LogP contribution is -2.16. The van der Waals surface area contributed by atoms with E-state index in [1.54, 1.807) is 6.21 Å². The summed E-state index contributed by atoms with van der Waals surface area (Å²) in [6.07, 6.45) is 1.63. The average Bonchev–Trinajstić information content (AvgIpc) is 2.93. The summed E-state index contributed by atoms with van der Waals surface area (Å²) in [6, 6.07) is 15.8. The normalized spacial score (nSPS) is 11.5. The number of hydrogen-bond donors (Lipinski definition) is 1. The van der Waals surface area contributed by atoms with Crippen molar-refractivity contribution in [3.05, 3.63) is 69.6 Å². The second-order valence-electron chi connectivity index (χ2n) is 5.76. The van der Waals surface area contributed by atoms with Crippen LogP contribution >= 0.6 is 22.9 Å². The molecule has 3 aromatic rings. The zero-order valence-electron chi connectivity index (χ0n) is 13.4. The highest BCUT2D eigenvalue weighted by molar-refractivity contribution is 7.21. The molecular weight excluding hydrogens is 340 g/mol. The molecule has 3 nitrogen and oxygen atoms in total. The minimum absolute atomic E-state index is 0.295. The third-order valence-electron chi connectivity index (χ3n) is 3.72. The summed E-state index contributed by atoms with van der Waals surface area (Å²) in [7, 11) is 0. The smallest absolute Gasteiger partial charge is 0.266 e. The van der Waals surface area contributed by atoms with Gasteiger partial charge in [-0.2, -0.15) is 5.10 Å². The van der Waals surface area contributed by atoms with Gasteiger partial charge in [0.15, 0.2) is 0 Å². The fourth-order valence-corrected chi connectivity index (χ4v) is 3.75. The number of thiophene rings is 1. The van der Waals surface area contributed by atoms with Gasteiger partial charge in [0.05, 0.1) is 11.2 Å². The van der Waals surface area contributed by atoms with Crippen molar-refractivity contribution in [2.24, 2.45) is 5.10 Å². The minimum atomic E-state index is -0.295. The molecule has 1 heterocycles. The number of benzene rings is 2. The predicted octanol–water partition coefficient (Wildman–Crippen LogP) is 5.44. The third-order valence-corrected chi connectivity index (χ3v) is 5.40. The molecule has 0 spiro atoms. The highest BCUT2D eigenvalue weighted by Crippen LogP contribution is 2.34. The molecule has 0 aliphatic carbocycles. The monoisotopic (exact) mass is 356 g/mol. The first-order chi connectivity index (χ1) is 11.6. The molecule has 0 fully saturated rings. The fourth-order valence-electron chi connectivity index (χ4n) is 2.34. The largest absolute Gasteiger partial charge is 0.283 e. The van der Waals surface area contributed by atoms with Crippen molar-refractivity contribution >= 4 is 45.1 Å². The van der Waals surface area contributed by atoms with Gasteiger partial charge < -0.3 is 0 Å². The number of hydrogen-bond acceptors (Lipinski definition) is 3. The van der Waals surface area contributed by atoms with Crippen LogP contribution in [0.2, 0.25) is 5.02 Å². The van der Waals surface area contributed by atoms with Gasteiger partial charge in [-0.3, -0.25) is 4.79 Å². The standard InChI is InChI=1S/C19H17ClN2OS/c1-12(2)14-9-7-13(8-10-14)11-21-22-19(23)18-17(20)15-5-3-4-6-16(15)24-18/h3-12H,1-2H3,(H,22,23)/b21-11+. The number of rotatable bonds is 4. The quantitative estimate of drug-likeness (QED) is 0.490. The first kappa shape index (κ1) is 16.7. The topological polar surface area (TPSA) is 41.5 Å². The van der Waals surface area contributed by atoms with Crippen LogP contribution in [-0.2, 0) is 0 Å². The van der Waals surface area contributed by atoms with Crippen molar-refractivity contribution in [1.82, 2.24) is 5.43 Å². The summed E-state index contributed by atoms with van der Waals surface area (Å²) in [5.41, 5.74) is 4.75. The summed E-state index contributed by atoms with van der Waals surface area (Å²) in [5.74, 6) is 0.196. The highest BCUT2D eigenvalue weighted by Gasteiger charge is 2.16. The maximum absolute atomic E-state index is 12.3. The molecular formula is C19H17ClN2OS. The van der Waals surface area contributed by atoms with Crippen molar-refractivity contribution in [1.29, 1.82) is 0 Å². The Labute approximate surface area is 150 Å². The fraction of sp³-hybridized carbons (Fsp3) is 0.158. The number of amides is 1. The van der Waals surface area contributed by atoms with Crippen LogP contribution in [0.3, 0.4) is 0 Å². The Kier molecular flexibility index (Phi) is 4.97. The molecule has 24 heavy (non-hydrogen) atoms. The van der Waals surface area contributed by atoms with Crippen LogP contribution in [0.15, 0.2) is 53.6 Å². The zero-order chi connectivity index (χ0) is 17.1. The second kappa shape index (κ2) is 7.16. The van der Waals surface area contributed by atoms with E-state index in [9.17, 15) is 4.79 Å². The summed E-state index contributed by atoms with van der Waals surface area (Å²) in [5, 5.41) is 5.39. The Balaban J connectivity index is 1.71. The van der Waals surface area contributed by atoms with E-state index >= 15 is 0 Å². The number of halogens is 1. The van der Waals surface area contributed by atoms with E-state index in [0.29, 0.717) is 15.8 Å². The molecule has 122 valence electrons. The van der Waals surface area contributed by atoms with Crippen LogP contribution in [0.25, 0.3) is 10.1 Å². The number of carbonyl (C=O) groups is 1.